The summed E-state index contributed by atoms with van der Waals surface area (Å²) in [4.78, 5) is 44.5. The summed E-state index contributed by atoms with van der Waals surface area (Å²) in [5.74, 6) is -0.995. The SMILES string of the molecule is CCOC(=O)C1=C(CN2CCN(C(=O)c3ccc(F)cc3)[C@H](C)C2)N(C)C(=O)N[C@@H]1c1ccc(C)cc1. The van der Waals surface area contributed by atoms with Crippen LogP contribution in [0.25, 0.3) is 0 Å². The Morgan fingerprint density at radius 2 is 1.76 bits per heavy atom. The molecule has 0 bridgehead atoms. The third-order valence-corrected chi connectivity index (χ3v) is 6.92. The quantitative estimate of drug-likeness (QED) is 0.604. The molecule has 37 heavy (non-hydrogen) atoms. The molecule has 3 amide bonds. The van der Waals surface area contributed by atoms with E-state index in [1.807, 2.05) is 38.1 Å². The molecule has 1 saturated heterocycles. The molecule has 2 heterocycles. The van der Waals surface area contributed by atoms with Crippen molar-refractivity contribution in [3.63, 3.8) is 0 Å². The number of likely N-dealkylation sites (N-methyl/N-ethyl adjacent to an activating group) is 1. The Bertz CT molecular complexity index is 1200. The lowest BCUT2D eigenvalue weighted by atomic mass is 9.93. The molecule has 196 valence electrons. The molecule has 4 rings (SSSR count). The Morgan fingerprint density at radius 1 is 1.08 bits per heavy atom. The van der Waals surface area contributed by atoms with Crippen LogP contribution in [-0.2, 0) is 9.53 Å². The fourth-order valence-electron chi connectivity index (χ4n) is 4.86. The summed E-state index contributed by atoms with van der Waals surface area (Å²) in [6.45, 7) is 7.84. The van der Waals surface area contributed by atoms with Gasteiger partial charge in [0, 0.05) is 50.5 Å². The van der Waals surface area contributed by atoms with Crippen molar-refractivity contribution in [2.45, 2.75) is 32.9 Å². The highest BCUT2D eigenvalue weighted by molar-refractivity contribution is 5.95. The number of hydrogen-bond donors (Lipinski definition) is 1. The van der Waals surface area contributed by atoms with Crippen LogP contribution in [-0.4, -0.2) is 78.5 Å². The lowest BCUT2D eigenvalue weighted by Crippen LogP contribution is -2.56. The number of carbonyl (C=O) groups is 3. The first-order valence-corrected chi connectivity index (χ1v) is 12.5. The van der Waals surface area contributed by atoms with Gasteiger partial charge in [0.2, 0.25) is 0 Å². The molecule has 0 aromatic heterocycles. The monoisotopic (exact) mass is 508 g/mol. The average Bonchev–Trinajstić information content (AvgIpc) is 2.87. The molecule has 0 spiro atoms. The van der Waals surface area contributed by atoms with Gasteiger partial charge in [0.05, 0.1) is 18.2 Å². The van der Waals surface area contributed by atoms with Gasteiger partial charge >= 0.3 is 12.0 Å². The van der Waals surface area contributed by atoms with E-state index in [4.69, 9.17) is 4.74 Å². The fourth-order valence-corrected chi connectivity index (χ4v) is 4.86. The number of aryl methyl sites for hydroxylation is 1. The van der Waals surface area contributed by atoms with Crippen LogP contribution in [0.2, 0.25) is 0 Å². The van der Waals surface area contributed by atoms with E-state index in [0.29, 0.717) is 43.0 Å². The van der Waals surface area contributed by atoms with E-state index < -0.39 is 12.0 Å². The van der Waals surface area contributed by atoms with Crippen LogP contribution in [0.1, 0.15) is 41.4 Å². The van der Waals surface area contributed by atoms with Gasteiger partial charge in [-0.3, -0.25) is 14.6 Å². The van der Waals surface area contributed by atoms with Crippen LogP contribution < -0.4 is 5.32 Å². The largest absolute Gasteiger partial charge is 0.463 e. The Labute approximate surface area is 216 Å². The van der Waals surface area contributed by atoms with Crippen LogP contribution in [0.3, 0.4) is 0 Å². The summed E-state index contributed by atoms with van der Waals surface area (Å²) < 4.78 is 18.7. The number of carbonyl (C=O) groups excluding carboxylic acids is 3. The zero-order valence-corrected chi connectivity index (χ0v) is 21.7. The van der Waals surface area contributed by atoms with Gasteiger partial charge in [0.1, 0.15) is 5.82 Å². The summed E-state index contributed by atoms with van der Waals surface area (Å²) in [5.41, 5.74) is 3.31. The van der Waals surface area contributed by atoms with Gasteiger partial charge in [-0.15, -0.1) is 0 Å². The van der Waals surface area contributed by atoms with Gasteiger partial charge in [0.25, 0.3) is 5.91 Å². The van der Waals surface area contributed by atoms with Crippen LogP contribution in [0, 0.1) is 12.7 Å². The Morgan fingerprint density at radius 3 is 2.38 bits per heavy atom. The number of nitrogens with zero attached hydrogens (tertiary/aromatic N) is 3. The number of ether oxygens (including phenoxy) is 1. The molecule has 2 aromatic rings. The van der Waals surface area contributed by atoms with Crippen molar-refractivity contribution in [3.8, 4) is 0 Å². The van der Waals surface area contributed by atoms with Gasteiger partial charge in [-0.2, -0.15) is 0 Å². The summed E-state index contributed by atoms with van der Waals surface area (Å²) in [6.07, 6.45) is 0. The second kappa shape index (κ2) is 11.1. The molecule has 0 unspecified atom stereocenters. The second-order valence-corrected chi connectivity index (χ2v) is 9.52. The van der Waals surface area contributed by atoms with Gasteiger partial charge in [-0.25, -0.2) is 14.0 Å². The molecular weight excluding hydrogens is 475 g/mol. The van der Waals surface area contributed by atoms with Crippen molar-refractivity contribution < 1.29 is 23.5 Å². The minimum absolute atomic E-state index is 0.117. The van der Waals surface area contributed by atoms with Crippen LogP contribution in [0.15, 0.2) is 59.8 Å². The highest BCUT2D eigenvalue weighted by atomic mass is 19.1. The molecular formula is C28H33FN4O4. The molecule has 2 aliphatic rings. The third-order valence-electron chi connectivity index (χ3n) is 6.92. The number of hydrogen-bond acceptors (Lipinski definition) is 5. The van der Waals surface area contributed by atoms with E-state index in [-0.39, 0.29) is 30.4 Å². The van der Waals surface area contributed by atoms with E-state index in [0.717, 1.165) is 11.1 Å². The van der Waals surface area contributed by atoms with Gasteiger partial charge in [-0.1, -0.05) is 29.8 Å². The van der Waals surface area contributed by atoms with E-state index in [9.17, 15) is 18.8 Å². The second-order valence-electron chi connectivity index (χ2n) is 9.52. The Balaban J connectivity index is 1.59. The van der Waals surface area contributed by atoms with E-state index in [1.54, 1.807) is 18.9 Å². The molecule has 2 aromatic carbocycles. The third kappa shape index (κ3) is 5.67. The van der Waals surface area contributed by atoms with E-state index >= 15 is 0 Å². The lowest BCUT2D eigenvalue weighted by molar-refractivity contribution is -0.139. The zero-order valence-electron chi connectivity index (χ0n) is 21.7. The molecule has 1 fully saturated rings. The van der Waals surface area contributed by atoms with Gasteiger partial charge < -0.3 is 15.0 Å². The van der Waals surface area contributed by atoms with E-state index in [1.165, 1.54) is 29.2 Å². The van der Waals surface area contributed by atoms with E-state index in [2.05, 4.69) is 10.2 Å². The Hall–Kier alpha value is -3.72. The zero-order chi connectivity index (χ0) is 26.7. The van der Waals surface area contributed by atoms with Crippen LogP contribution >= 0.6 is 0 Å². The topological polar surface area (TPSA) is 82.2 Å². The molecule has 8 nitrogen and oxygen atoms in total. The highest BCUT2D eigenvalue weighted by Gasteiger charge is 2.38. The van der Waals surface area contributed by atoms with Gasteiger partial charge in [-0.05, 0) is 50.6 Å². The first-order chi connectivity index (χ1) is 17.7. The number of urea groups is 1. The summed E-state index contributed by atoms with van der Waals surface area (Å²) in [6, 6.07) is 12.2. The summed E-state index contributed by atoms with van der Waals surface area (Å²) >= 11 is 0. The number of halogens is 1. The van der Waals surface area contributed by atoms with Crippen molar-refractivity contribution in [3.05, 3.63) is 82.3 Å². The maximum Gasteiger partial charge on any atom is 0.338 e. The van der Waals surface area contributed by atoms with Gasteiger partial charge in [0.15, 0.2) is 0 Å². The summed E-state index contributed by atoms with van der Waals surface area (Å²) in [7, 11) is 1.65. The number of esters is 1. The van der Waals surface area contributed by atoms with Crippen molar-refractivity contribution >= 4 is 17.9 Å². The first kappa shape index (κ1) is 26.3. The molecule has 0 saturated carbocycles. The minimum atomic E-state index is -0.628. The van der Waals surface area contributed by atoms with Crippen LogP contribution in [0.5, 0.6) is 0 Å². The highest BCUT2D eigenvalue weighted by Crippen LogP contribution is 2.32. The number of piperazine rings is 1. The maximum absolute atomic E-state index is 13.3. The number of amides is 3. The number of rotatable bonds is 6. The predicted octanol–water partition coefficient (Wildman–Crippen LogP) is 3.49. The van der Waals surface area contributed by atoms with Crippen molar-refractivity contribution in [2.24, 2.45) is 0 Å². The molecule has 0 aliphatic carbocycles. The molecule has 9 heteroatoms. The fraction of sp³-hybridized carbons (Fsp3) is 0.393. The van der Waals surface area contributed by atoms with Crippen molar-refractivity contribution in [1.29, 1.82) is 0 Å². The average molecular weight is 509 g/mol. The van der Waals surface area contributed by atoms with Crippen molar-refractivity contribution in [2.75, 3.05) is 39.8 Å². The minimum Gasteiger partial charge on any atom is -0.463 e. The molecule has 0 radical (unpaired) electrons. The standard InChI is InChI=1S/C28H33FN4O4/c1-5-37-27(35)24-23(31(4)28(36)30-25(24)20-8-6-18(2)7-9-20)17-32-14-15-33(19(3)16-32)26(34)21-10-12-22(29)13-11-21/h6-13,19,25H,5,14-17H2,1-4H3,(H,30,36)/t19-,25-/m1/s1. The Kier molecular flexibility index (Phi) is 7.92. The normalized spacial score (nSPS) is 20.6. The summed E-state index contributed by atoms with van der Waals surface area (Å²) in [5, 5.41) is 2.94. The molecule has 1 N–H and O–H groups in total. The van der Waals surface area contributed by atoms with Crippen molar-refractivity contribution in [1.82, 2.24) is 20.0 Å². The number of benzene rings is 2. The lowest BCUT2D eigenvalue weighted by Gasteiger charge is -2.42. The number of nitrogens with one attached hydrogen (secondary N) is 1. The molecule has 2 atom stereocenters. The first-order valence-electron chi connectivity index (χ1n) is 12.5. The van der Waals surface area contributed by atoms with Crippen LogP contribution in [0.4, 0.5) is 9.18 Å². The predicted molar refractivity (Wildman–Crippen MR) is 137 cm³/mol. The maximum atomic E-state index is 13.3. The molecule has 2 aliphatic heterocycles. The smallest absolute Gasteiger partial charge is 0.338 e.